The first-order valence-corrected chi connectivity index (χ1v) is 7.36. The lowest BCUT2D eigenvalue weighted by Gasteiger charge is -2.26. The average Bonchev–Trinajstić information content (AvgIpc) is 2.49. The van der Waals surface area contributed by atoms with Gasteiger partial charge in [-0.25, -0.2) is 4.39 Å². The van der Waals surface area contributed by atoms with Crippen molar-refractivity contribution in [1.82, 2.24) is 10.3 Å². The molecule has 1 aliphatic rings. The summed E-state index contributed by atoms with van der Waals surface area (Å²) in [7, 11) is 0. The second kappa shape index (κ2) is 5.63. The van der Waals surface area contributed by atoms with Gasteiger partial charge in [0.1, 0.15) is 5.82 Å². The molecule has 3 rings (SSSR count). The maximum Gasteiger partial charge on any atom is 0.251 e. The van der Waals surface area contributed by atoms with Crippen molar-refractivity contribution in [3.63, 3.8) is 0 Å². The SMILES string of the molecule is O=C(N[C@@H]1CCSc2ccc(F)cc21)c1ccncc1. The molecule has 1 atom stereocenters. The number of thioether (sulfide) groups is 1. The van der Waals surface area contributed by atoms with Crippen molar-refractivity contribution in [2.24, 2.45) is 0 Å². The largest absolute Gasteiger partial charge is 0.345 e. The number of rotatable bonds is 2. The molecule has 3 nitrogen and oxygen atoms in total. The first kappa shape index (κ1) is 13.1. The highest BCUT2D eigenvalue weighted by Gasteiger charge is 2.23. The molecule has 1 aromatic heterocycles. The molecule has 1 aliphatic heterocycles. The van der Waals surface area contributed by atoms with Crippen LogP contribution >= 0.6 is 11.8 Å². The summed E-state index contributed by atoms with van der Waals surface area (Å²) >= 11 is 1.70. The van der Waals surface area contributed by atoms with Crippen molar-refractivity contribution in [1.29, 1.82) is 0 Å². The summed E-state index contributed by atoms with van der Waals surface area (Å²) in [5, 5.41) is 2.97. The van der Waals surface area contributed by atoms with Crippen molar-refractivity contribution in [2.75, 3.05) is 5.75 Å². The van der Waals surface area contributed by atoms with Crippen molar-refractivity contribution >= 4 is 17.7 Å². The molecule has 0 aliphatic carbocycles. The van der Waals surface area contributed by atoms with Gasteiger partial charge < -0.3 is 5.32 Å². The standard InChI is InChI=1S/C15H13FN2OS/c16-11-1-2-14-12(9-11)13(5-8-20-14)18-15(19)10-3-6-17-7-4-10/h1-4,6-7,9,13H,5,8H2,(H,18,19)/t13-/m1/s1. The first-order chi connectivity index (χ1) is 9.74. The predicted molar refractivity (Wildman–Crippen MR) is 76.2 cm³/mol. The molecule has 0 saturated carbocycles. The Hall–Kier alpha value is -1.88. The maximum absolute atomic E-state index is 13.4. The fourth-order valence-corrected chi connectivity index (χ4v) is 3.37. The molecule has 5 heteroatoms. The number of hydrogen-bond donors (Lipinski definition) is 1. The van der Waals surface area contributed by atoms with Crippen molar-refractivity contribution in [3.05, 3.63) is 59.7 Å². The fraction of sp³-hybridized carbons (Fsp3) is 0.200. The van der Waals surface area contributed by atoms with Crippen LogP contribution in [0.5, 0.6) is 0 Å². The minimum absolute atomic E-state index is 0.136. The number of nitrogens with zero attached hydrogens (tertiary/aromatic N) is 1. The summed E-state index contributed by atoms with van der Waals surface area (Å²) in [6.07, 6.45) is 3.97. The van der Waals surface area contributed by atoms with Crippen LogP contribution in [0.4, 0.5) is 4.39 Å². The Morgan fingerprint density at radius 2 is 2.10 bits per heavy atom. The summed E-state index contributed by atoms with van der Waals surface area (Å²) in [6, 6.07) is 7.94. The Bertz CT molecular complexity index is 633. The van der Waals surface area contributed by atoms with E-state index >= 15 is 0 Å². The van der Waals surface area contributed by atoms with Crippen LogP contribution in [0.1, 0.15) is 28.4 Å². The van der Waals surface area contributed by atoms with E-state index < -0.39 is 0 Å². The smallest absolute Gasteiger partial charge is 0.251 e. The number of benzene rings is 1. The lowest BCUT2D eigenvalue weighted by atomic mass is 10.0. The van der Waals surface area contributed by atoms with E-state index in [1.165, 1.54) is 12.1 Å². The van der Waals surface area contributed by atoms with Crippen LogP contribution in [-0.2, 0) is 0 Å². The molecule has 2 heterocycles. The highest BCUT2D eigenvalue weighted by Crippen LogP contribution is 2.36. The van der Waals surface area contributed by atoms with Crippen LogP contribution in [0.25, 0.3) is 0 Å². The van der Waals surface area contributed by atoms with Crippen molar-refractivity contribution in [2.45, 2.75) is 17.4 Å². The van der Waals surface area contributed by atoms with Crippen molar-refractivity contribution in [3.8, 4) is 0 Å². The van der Waals surface area contributed by atoms with E-state index in [0.717, 1.165) is 22.6 Å². The molecule has 1 aromatic carbocycles. The maximum atomic E-state index is 13.4. The summed E-state index contributed by atoms with van der Waals surface area (Å²) in [5.74, 6) is 0.494. The van der Waals surface area contributed by atoms with Gasteiger partial charge in [0, 0.05) is 28.6 Å². The van der Waals surface area contributed by atoms with Crippen LogP contribution in [0, 0.1) is 5.82 Å². The second-order valence-corrected chi connectivity index (χ2v) is 5.72. The van der Waals surface area contributed by atoms with Crippen LogP contribution in [0.3, 0.4) is 0 Å². The van der Waals surface area contributed by atoms with Crippen LogP contribution in [0.15, 0.2) is 47.6 Å². The van der Waals surface area contributed by atoms with E-state index in [-0.39, 0.29) is 17.8 Å². The summed E-state index contributed by atoms with van der Waals surface area (Å²) in [5.41, 5.74) is 1.43. The van der Waals surface area contributed by atoms with E-state index in [2.05, 4.69) is 10.3 Å². The number of carbonyl (C=O) groups is 1. The molecule has 0 unspecified atom stereocenters. The number of aromatic nitrogens is 1. The van der Waals surface area contributed by atoms with Gasteiger partial charge in [0.2, 0.25) is 0 Å². The zero-order valence-electron chi connectivity index (χ0n) is 10.7. The lowest BCUT2D eigenvalue weighted by Crippen LogP contribution is -2.30. The molecule has 1 amide bonds. The monoisotopic (exact) mass is 288 g/mol. The number of nitrogens with one attached hydrogen (secondary N) is 1. The van der Waals surface area contributed by atoms with Gasteiger partial charge in [-0.3, -0.25) is 9.78 Å². The number of amides is 1. The lowest BCUT2D eigenvalue weighted by molar-refractivity contribution is 0.0934. The Kier molecular flexibility index (Phi) is 3.69. The fourth-order valence-electron chi connectivity index (χ4n) is 2.26. The normalized spacial score (nSPS) is 17.4. The molecule has 0 radical (unpaired) electrons. The Morgan fingerprint density at radius 3 is 2.90 bits per heavy atom. The van der Waals surface area contributed by atoms with Gasteiger partial charge >= 0.3 is 0 Å². The van der Waals surface area contributed by atoms with Crippen LogP contribution in [0.2, 0.25) is 0 Å². The average molecular weight is 288 g/mol. The molecule has 20 heavy (non-hydrogen) atoms. The van der Waals surface area contributed by atoms with Crippen LogP contribution < -0.4 is 5.32 Å². The third kappa shape index (κ3) is 2.67. The number of carbonyl (C=O) groups excluding carboxylic acids is 1. The van der Waals surface area contributed by atoms with Gasteiger partial charge in [-0.05, 0) is 42.3 Å². The third-order valence-corrected chi connectivity index (χ3v) is 4.38. The van der Waals surface area contributed by atoms with Gasteiger partial charge in [-0.1, -0.05) is 0 Å². The molecule has 0 bridgehead atoms. The van der Waals surface area contributed by atoms with E-state index in [9.17, 15) is 9.18 Å². The van der Waals surface area contributed by atoms with E-state index in [1.54, 1.807) is 42.4 Å². The highest BCUT2D eigenvalue weighted by molar-refractivity contribution is 7.99. The van der Waals surface area contributed by atoms with Gasteiger partial charge in [0.15, 0.2) is 0 Å². The zero-order chi connectivity index (χ0) is 13.9. The zero-order valence-corrected chi connectivity index (χ0v) is 11.5. The summed E-state index contributed by atoms with van der Waals surface area (Å²) in [4.78, 5) is 17.1. The molecular weight excluding hydrogens is 275 g/mol. The Balaban J connectivity index is 1.83. The van der Waals surface area contributed by atoms with Crippen molar-refractivity contribution < 1.29 is 9.18 Å². The molecule has 102 valence electrons. The topological polar surface area (TPSA) is 42.0 Å². The number of hydrogen-bond acceptors (Lipinski definition) is 3. The highest BCUT2D eigenvalue weighted by atomic mass is 32.2. The molecule has 1 N–H and O–H groups in total. The van der Waals surface area contributed by atoms with Gasteiger partial charge in [0.25, 0.3) is 5.91 Å². The second-order valence-electron chi connectivity index (χ2n) is 4.58. The molecule has 0 saturated heterocycles. The molecule has 0 spiro atoms. The quantitative estimate of drug-likeness (QED) is 0.922. The van der Waals surface area contributed by atoms with Gasteiger partial charge in [0.05, 0.1) is 6.04 Å². The minimum atomic E-state index is -0.269. The van der Waals surface area contributed by atoms with Gasteiger partial charge in [-0.15, -0.1) is 11.8 Å². The predicted octanol–water partition coefficient (Wildman–Crippen LogP) is 3.19. The van der Waals surface area contributed by atoms with E-state index in [1.807, 2.05) is 0 Å². The van der Waals surface area contributed by atoms with Gasteiger partial charge in [-0.2, -0.15) is 0 Å². The number of pyridine rings is 1. The molecular formula is C15H13FN2OS. The molecule has 0 fully saturated rings. The molecule has 2 aromatic rings. The summed E-state index contributed by atoms with van der Waals surface area (Å²) < 4.78 is 13.4. The first-order valence-electron chi connectivity index (χ1n) is 6.37. The Labute approximate surface area is 120 Å². The number of halogens is 1. The number of fused-ring (bicyclic) bond motifs is 1. The Morgan fingerprint density at radius 1 is 1.30 bits per heavy atom. The third-order valence-electron chi connectivity index (χ3n) is 3.26. The van der Waals surface area contributed by atoms with E-state index in [4.69, 9.17) is 0 Å². The summed E-state index contributed by atoms with van der Waals surface area (Å²) in [6.45, 7) is 0. The minimum Gasteiger partial charge on any atom is -0.345 e. The van der Waals surface area contributed by atoms with E-state index in [0.29, 0.717) is 5.56 Å². The van der Waals surface area contributed by atoms with Crippen LogP contribution in [-0.4, -0.2) is 16.6 Å².